The zero-order chi connectivity index (χ0) is 22.0. The number of aryl methyl sites for hydroxylation is 1. The molecule has 1 aromatic carbocycles. The van der Waals surface area contributed by atoms with Crippen molar-refractivity contribution in [2.45, 2.75) is 26.4 Å². The predicted octanol–water partition coefficient (Wildman–Crippen LogP) is 2.91. The Labute approximate surface area is 187 Å². The van der Waals surface area contributed by atoms with Gasteiger partial charge in [-0.05, 0) is 32.0 Å². The number of hydrogen-bond acceptors (Lipinski definition) is 9. The molecule has 1 atom stereocenters. The molecule has 3 heterocycles. The minimum atomic E-state index is -0.685. The first-order valence-electron chi connectivity index (χ1n) is 9.60. The van der Waals surface area contributed by atoms with Gasteiger partial charge < -0.3 is 9.47 Å². The van der Waals surface area contributed by atoms with E-state index in [1.54, 1.807) is 38.4 Å². The maximum absolute atomic E-state index is 12.8. The Morgan fingerprint density at radius 1 is 1.35 bits per heavy atom. The minimum Gasteiger partial charge on any atom is -0.479 e. The third kappa shape index (κ3) is 4.73. The Morgan fingerprint density at radius 3 is 2.94 bits per heavy atom. The van der Waals surface area contributed by atoms with Crippen molar-refractivity contribution in [2.75, 3.05) is 30.5 Å². The van der Waals surface area contributed by atoms with E-state index in [1.165, 1.54) is 16.2 Å². The van der Waals surface area contributed by atoms with Crippen LogP contribution in [0.1, 0.15) is 16.9 Å². The lowest BCUT2D eigenvalue weighted by atomic mass is 10.1. The number of nitrogens with one attached hydrogen (secondary N) is 1. The normalized spacial score (nSPS) is 15.5. The summed E-state index contributed by atoms with van der Waals surface area (Å²) in [4.78, 5) is 31.5. The largest absolute Gasteiger partial charge is 0.479 e. The average Bonchev–Trinajstić information content (AvgIpc) is 3.38. The number of ether oxygens (including phenoxy) is 2. The molecule has 0 saturated carbocycles. The monoisotopic (exact) mass is 459 g/mol. The molecular weight excluding hydrogens is 438 g/mol. The molecule has 9 nitrogen and oxygen atoms in total. The Balaban J connectivity index is 1.58. The highest BCUT2D eigenvalue weighted by Gasteiger charge is 2.33. The summed E-state index contributed by atoms with van der Waals surface area (Å²) in [6.45, 7) is 3.92. The van der Waals surface area contributed by atoms with Gasteiger partial charge in [-0.3, -0.25) is 19.8 Å². The summed E-state index contributed by atoms with van der Waals surface area (Å²) in [5.74, 6) is -0.0944. The number of rotatable bonds is 7. The summed E-state index contributed by atoms with van der Waals surface area (Å²) in [6.07, 6.45) is 0.0534. The molecule has 1 N–H and O–H groups in total. The highest BCUT2D eigenvalue weighted by molar-refractivity contribution is 7.15. The average molecular weight is 460 g/mol. The SMILES string of the molecule is COCCc1nc(-c2ccc3c(c2)N(CC(=O)Nc2nnc(C)s2)C(=O)C(C)O3)cs1. The van der Waals surface area contributed by atoms with Gasteiger partial charge in [-0.1, -0.05) is 11.3 Å². The van der Waals surface area contributed by atoms with Gasteiger partial charge in [-0.25, -0.2) is 4.98 Å². The van der Waals surface area contributed by atoms with Crippen molar-refractivity contribution in [3.63, 3.8) is 0 Å². The van der Waals surface area contributed by atoms with Crippen molar-refractivity contribution < 1.29 is 19.1 Å². The van der Waals surface area contributed by atoms with Crippen LogP contribution >= 0.6 is 22.7 Å². The van der Waals surface area contributed by atoms with Crippen LogP contribution in [0.15, 0.2) is 23.6 Å². The van der Waals surface area contributed by atoms with Crippen molar-refractivity contribution in [3.8, 4) is 17.0 Å². The van der Waals surface area contributed by atoms with E-state index in [4.69, 9.17) is 9.47 Å². The lowest BCUT2D eigenvalue weighted by Crippen LogP contribution is -2.47. The van der Waals surface area contributed by atoms with Crippen molar-refractivity contribution in [1.29, 1.82) is 0 Å². The highest BCUT2D eigenvalue weighted by atomic mass is 32.1. The fourth-order valence-corrected chi connectivity index (χ4v) is 4.52. The summed E-state index contributed by atoms with van der Waals surface area (Å²) in [5.41, 5.74) is 2.18. The molecule has 2 amide bonds. The van der Waals surface area contributed by atoms with E-state index in [0.717, 1.165) is 27.7 Å². The highest BCUT2D eigenvalue weighted by Crippen LogP contribution is 2.37. The quantitative estimate of drug-likeness (QED) is 0.579. The topological polar surface area (TPSA) is 107 Å². The van der Waals surface area contributed by atoms with Crippen LogP contribution in [-0.2, 0) is 20.7 Å². The van der Waals surface area contributed by atoms with Gasteiger partial charge in [0.15, 0.2) is 6.10 Å². The molecule has 1 aliphatic heterocycles. The molecule has 0 bridgehead atoms. The van der Waals surface area contributed by atoms with E-state index in [-0.39, 0.29) is 18.4 Å². The van der Waals surface area contributed by atoms with Crippen LogP contribution in [0.25, 0.3) is 11.3 Å². The standard InChI is InChI=1S/C20H21N5O4S2/c1-11-19(27)25(9-17(26)22-20-24-23-12(2)31-20)15-8-13(4-5-16(15)29-11)14-10-30-18(21-14)6-7-28-3/h4-5,8,10-11H,6-7,9H2,1-3H3,(H,22,24,26). The molecular formula is C20H21N5O4S2. The van der Waals surface area contributed by atoms with Crippen LogP contribution < -0.4 is 15.0 Å². The van der Waals surface area contributed by atoms with E-state index in [2.05, 4.69) is 20.5 Å². The fraction of sp³-hybridized carbons (Fsp3) is 0.350. The molecule has 0 fully saturated rings. The van der Waals surface area contributed by atoms with E-state index >= 15 is 0 Å². The van der Waals surface area contributed by atoms with Crippen LogP contribution in [0.3, 0.4) is 0 Å². The Hall–Kier alpha value is -2.89. The van der Waals surface area contributed by atoms with Crippen LogP contribution in [-0.4, -0.2) is 53.4 Å². The Kier molecular flexibility index (Phi) is 6.25. The maximum atomic E-state index is 12.8. The van der Waals surface area contributed by atoms with Gasteiger partial charge >= 0.3 is 0 Å². The Morgan fingerprint density at radius 2 is 2.19 bits per heavy atom. The first-order valence-corrected chi connectivity index (χ1v) is 11.3. The first-order chi connectivity index (χ1) is 14.9. The summed E-state index contributed by atoms with van der Waals surface area (Å²) in [6, 6.07) is 5.54. The molecule has 0 radical (unpaired) electrons. The number of thiazole rings is 1. The number of aromatic nitrogens is 3. The molecule has 3 aromatic rings. The fourth-order valence-electron chi connectivity index (χ4n) is 3.13. The summed E-state index contributed by atoms with van der Waals surface area (Å²) < 4.78 is 10.9. The van der Waals surface area contributed by atoms with E-state index < -0.39 is 6.10 Å². The molecule has 0 aliphatic carbocycles. The molecule has 1 unspecified atom stereocenters. The van der Waals surface area contributed by atoms with E-state index in [9.17, 15) is 9.59 Å². The predicted molar refractivity (Wildman–Crippen MR) is 119 cm³/mol. The van der Waals surface area contributed by atoms with Crippen LogP contribution in [0, 0.1) is 6.92 Å². The van der Waals surface area contributed by atoms with Gasteiger partial charge in [-0.2, -0.15) is 0 Å². The van der Waals surface area contributed by atoms with Gasteiger partial charge in [0.25, 0.3) is 5.91 Å². The van der Waals surface area contributed by atoms with Crippen molar-refractivity contribution >= 4 is 45.3 Å². The van der Waals surface area contributed by atoms with Gasteiger partial charge in [0, 0.05) is 24.5 Å². The van der Waals surface area contributed by atoms with Crippen LogP contribution in [0.5, 0.6) is 5.75 Å². The zero-order valence-electron chi connectivity index (χ0n) is 17.2. The summed E-state index contributed by atoms with van der Waals surface area (Å²) in [5, 5.41) is 14.6. The number of amides is 2. The lowest BCUT2D eigenvalue weighted by Gasteiger charge is -2.32. The number of carbonyl (C=O) groups is 2. The second kappa shape index (κ2) is 9.08. The van der Waals surface area contributed by atoms with Gasteiger partial charge in [-0.15, -0.1) is 21.5 Å². The second-order valence-corrected chi connectivity index (χ2v) is 9.03. The third-order valence-corrected chi connectivity index (χ3v) is 6.27. The third-order valence-electron chi connectivity index (χ3n) is 4.61. The molecule has 31 heavy (non-hydrogen) atoms. The number of nitrogens with zero attached hydrogens (tertiary/aromatic N) is 4. The number of fused-ring (bicyclic) bond motifs is 1. The number of benzene rings is 1. The molecule has 2 aromatic heterocycles. The molecule has 162 valence electrons. The summed E-state index contributed by atoms with van der Waals surface area (Å²) in [7, 11) is 1.66. The molecule has 4 rings (SSSR count). The van der Waals surface area contributed by atoms with E-state index in [0.29, 0.717) is 23.2 Å². The van der Waals surface area contributed by atoms with Crippen LogP contribution in [0.2, 0.25) is 0 Å². The van der Waals surface area contributed by atoms with Gasteiger partial charge in [0.05, 0.1) is 23.0 Å². The molecule has 1 aliphatic rings. The van der Waals surface area contributed by atoms with Crippen molar-refractivity contribution in [1.82, 2.24) is 15.2 Å². The smallest absolute Gasteiger partial charge is 0.268 e. The lowest BCUT2D eigenvalue weighted by molar-refractivity contribution is -0.127. The minimum absolute atomic E-state index is 0.155. The second-order valence-electron chi connectivity index (χ2n) is 6.91. The first kappa shape index (κ1) is 21.3. The van der Waals surface area contributed by atoms with E-state index in [1.807, 2.05) is 17.5 Å². The Bertz CT molecular complexity index is 1110. The van der Waals surface area contributed by atoms with Crippen molar-refractivity contribution in [2.24, 2.45) is 0 Å². The number of methoxy groups -OCH3 is 1. The van der Waals surface area contributed by atoms with Gasteiger partial charge in [0.2, 0.25) is 11.0 Å². The zero-order valence-corrected chi connectivity index (χ0v) is 18.9. The maximum Gasteiger partial charge on any atom is 0.268 e. The number of hydrogen-bond donors (Lipinski definition) is 1. The number of carbonyl (C=O) groups excluding carboxylic acids is 2. The van der Waals surface area contributed by atoms with Crippen molar-refractivity contribution in [3.05, 3.63) is 33.6 Å². The molecule has 0 spiro atoms. The number of anilines is 2. The molecule has 0 saturated heterocycles. The summed E-state index contributed by atoms with van der Waals surface area (Å²) >= 11 is 2.83. The molecule has 11 heteroatoms. The van der Waals surface area contributed by atoms with Crippen LogP contribution in [0.4, 0.5) is 10.8 Å². The van der Waals surface area contributed by atoms with Gasteiger partial charge in [0.1, 0.15) is 17.3 Å².